The van der Waals surface area contributed by atoms with Crippen LogP contribution in [0, 0.1) is 5.82 Å². The van der Waals surface area contributed by atoms with Crippen LogP contribution in [0.25, 0.3) is 6.08 Å². The number of halogens is 2. The van der Waals surface area contributed by atoms with Gasteiger partial charge in [-0.1, -0.05) is 42.0 Å². The summed E-state index contributed by atoms with van der Waals surface area (Å²) in [5.41, 5.74) is 2.08. The number of carbonyl (C=O) groups is 1. The van der Waals surface area contributed by atoms with Gasteiger partial charge in [-0.3, -0.25) is 4.90 Å². The number of amides is 2. The molecular weight excluding hydrogens is 391 g/mol. The highest BCUT2D eigenvalue weighted by Crippen LogP contribution is 2.21. The molecule has 0 atom stereocenters. The molecule has 0 aliphatic rings. The number of para-hydroxylation sites is 1. The molecule has 4 nitrogen and oxygen atoms in total. The van der Waals surface area contributed by atoms with E-state index in [0.717, 1.165) is 11.3 Å². The van der Waals surface area contributed by atoms with Crippen LogP contribution in [0.4, 0.5) is 20.6 Å². The zero-order chi connectivity index (χ0) is 20.6. The molecule has 3 rings (SSSR count). The maximum atomic E-state index is 13.3. The molecule has 0 aliphatic carbocycles. The average molecular weight is 411 g/mol. The Labute approximate surface area is 174 Å². The standard InChI is InChI=1S/C23H20ClFN2O2/c1-29-22-7-3-2-5-17(22)6-4-16-27(21-14-10-19(25)11-15-21)23(28)26-20-12-8-18(24)9-13-20/h2-15H,16H2,1H3,(H,26,28)/b6-4+. The van der Waals surface area contributed by atoms with Crippen LogP contribution in [-0.2, 0) is 0 Å². The molecule has 1 N–H and O–H groups in total. The summed E-state index contributed by atoms with van der Waals surface area (Å²) in [6, 6.07) is 19.8. The molecule has 0 radical (unpaired) electrons. The van der Waals surface area contributed by atoms with Gasteiger partial charge in [0.2, 0.25) is 0 Å². The van der Waals surface area contributed by atoms with Crippen LogP contribution >= 0.6 is 11.6 Å². The lowest BCUT2D eigenvalue weighted by atomic mass is 10.2. The number of ether oxygens (including phenoxy) is 1. The number of carbonyl (C=O) groups excluding carboxylic acids is 1. The molecule has 0 saturated heterocycles. The highest BCUT2D eigenvalue weighted by atomic mass is 35.5. The summed E-state index contributed by atoms with van der Waals surface area (Å²) in [4.78, 5) is 14.4. The van der Waals surface area contributed by atoms with Crippen molar-refractivity contribution in [3.63, 3.8) is 0 Å². The summed E-state index contributed by atoms with van der Waals surface area (Å²) in [7, 11) is 1.61. The van der Waals surface area contributed by atoms with Gasteiger partial charge in [-0.05, 0) is 54.6 Å². The van der Waals surface area contributed by atoms with Crippen LogP contribution in [0.3, 0.4) is 0 Å². The van der Waals surface area contributed by atoms with Crippen molar-refractivity contribution >= 4 is 35.1 Å². The van der Waals surface area contributed by atoms with Crippen molar-refractivity contribution in [1.29, 1.82) is 0 Å². The molecule has 6 heteroatoms. The van der Waals surface area contributed by atoms with Crippen molar-refractivity contribution in [1.82, 2.24) is 0 Å². The van der Waals surface area contributed by atoms with Gasteiger partial charge in [0.05, 0.1) is 7.11 Å². The Balaban J connectivity index is 1.80. The second-order valence-corrected chi connectivity index (χ2v) is 6.60. The van der Waals surface area contributed by atoms with E-state index >= 15 is 0 Å². The minimum atomic E-state index is -0.364. The fraction of sp³-hybridized carbons (Fsp3) is 0.0870. The largest absolute Gasteiger partial charge is 0.496 e. The molecule has 0 heterocycles. The first-order chi connectivity index (χ1) is 14.1. The van der Waals surface area contributed by atoms with Crippen molar-refractivity contribution in [3.05, 3.63) is 95.3 Å². The third kappa shape index (κ3) is 5.59. The van der Waals surface area contributed by atoms with Gasteiger partial charge in [-0.25, -0.2) is 9.18 Å². The molecule has 0 fully saturated rings. The second kappa shape index (κ2) is 9.75. The Morgan fingerprint density at radius 2 is 1.76 bits per heavy atom. The Hall–Kier alpha value is -3.31. The van der Waals surface area contributed by atoms with Crippen LogP contribution in [0.5, 0.6) is 5.75 Å². The van der Waals surface area contributed by atoms with Gasteiger partial charge in [0.25, 0.3) is 0 Å². The molecule has 0 spiro atoms. The zero-order valence-electron chi connectivity index (χ0n) is 15.8. The Kier molecular flexibility index (Phi) is 6.87. The number of hydrogen-bond acceptors (Lipinski definition) is 2. The molecule has 0 aromatic heterocycles. The minimum Gasteiger partial charge on any atom is -0.496 e. The number of urea groups is 1. The van der Waals surface area contributed by atoms with Crippen molar-refractivity contribution in [3.8, 4) is 5.75 Å². The summed E-state index contributed by atoms with van der Waals surface area (Å²) in [5, 5.41) is 3.41. The second-order valence-electron chi connectivity index (χ2n) is 6.17. The van der Waals surface area contributed by atoms with Gasteiger partial charge in [0.1, 0.15) is 11.6 Å². The van der Waals surface area contributed by atoms with E-state index in [1.165, 1.54) is 17.0 Å². The summed E-state index contributed by atoms with van der Waals surface area (Å²) in [6.07, 6.45) is 3.73. The molecule has 0 aliphatic heterocycles. The smallest absolute Gasteiger partial charge is 0.326 e. The monoisotopic (exact) mass is 410 g/mol. The first-order valence-corrected chi connectivity index (χ1v) is 9.34. The number of nitrogens with one attached hydrogen (secondary N) is 1. The predicted octanol–water partition coefficient (Wildman–Crippen LogP) is 6.24. The van der Waals surface area contributed by atoms with Gasteiger partial charge in [0.15, 0.2) is 0 Å². The van der Waals surface area contributed by atoms with Gasteiger partial charge in [-0.2, -0.15) is 0 Å². The van der Waals surface area contributed by atoms with E-state index in [0.29, 0.717) is 16.4 Å². The van der Waals surface area contributed by atoms with Crippen molar-refractivity contribution in [2.24, 2.45) is 0 Å². The third-order valence-corrected chi connectivity index (χ3v) is 4.46. The molecule has 0 bridgehead atoms. The van der Waals surface area contributed by atoms with Gasteiger partial charge in [0, 0.05) is 28.5 Å². The first-order valence-electron chi connectivity index (χ1n) is 8.96. The molecule has 29 heavy (non-hydrogen) atoms. The van der Waals surface area contributed by atoms with E-state index < -0.39 is 0 Å². The highest BCUT2D eigenvalue weighted by Gasteiger charge is 2.15. The lowest BCUT2D eigenvalue weighted by molar-refractivity contribution is 0.257. The molecule has 3 aromatic carbocycles. The van der Waals surface area contributed by atoms with E-state index in [1.54, 1.807) is 43.5 Å². The van der Waals surface area contributed by atoms with E-state index in [4.69, 9.17) is 16.3 Å². The highest BCUT2D eigenvalue weighted by molar-refractivity contribution is 6.30. The molecule has 0 unspecified atom stereocenters. The fourth-order valence-corrected chi connectivity index (χ4v) is 2.87. The number of methoxy groups -OCH3 is 1. The Bertz CT molecular complexity index is 989. The topological polar surface area (TPSA) is 41.6 Å². The SMILES string of the molecule is COc1ccccc1/C=C/CN(C(=O)Nc1ccc(Cl)cc1)c1ccc(F)cc1. The van der Waals surface area contributed by atoms with Crippen molar-refractivity contribution in [2.45, 2.75) is 0 Å². The molecule has 2 amide bonds. The fourth-order valence-electron chi connectivity index (χ4n) is 2.74. The third-order valence-electron chi connectivity index (χ3n) is 4.20. The maximum absolute atomic E-state index is 13.3. The number of rotatable bonds is 6. The summed E-state index contributed by atoms with van der Waals surface area (Å²) in [6.45, 7) is 0.281. The lowest BCUT2D eigenvalue weighted by Crippen LogP contribution is -2.35. The number of anilines is 2. The Morgan fingerprint density at radius 1 is 1.07 bits per heavy atom. The zero-order valence-corrected chi connectivity index (χ0v) is 16.6. The van der Waals surface area contributed by atoms with Crippen molar-refractivity contribution < 1.29 is 13.9 Å². The van der Waals surface area contributed by atoms with Gasteiger partial charge < -0.3 is 10.1 Å². The minimum absolute atomic E-state index is 0.281. The first kappa shape index (κ1) is 20.4. The van der Waals surface area contributed by atoms with Crippen LogP contribution in [-0.4, -0.2) is 19.7 Å². The quantitative estimate of drug-likeness (QED) is 0.522. The van der Waals surface area contributed by atoms with Gasteiger partial charge in [-0.15, -0.1) is 0 Å². The summed E-state index contributed by atoms with van der Waals surface area (Å²) in [5.74, 6) is 0.374. The average Bonchev–Trinajstić information content (AvgIpc) is 2.74. The van der Waals surface area contributed by atoms with Crippen LogP contribution in [0.1, 0.15) is 5.56 Å². The maximum Gasteiger partial charge on any atom is 0.326 e. The molecule has 0 saturated carbocycles. The van der Waals surface area contributed by atoms with Crippen LogP contribution in [0.15, 0.2) is 78.9 Å². The van der Waals surface area contributed by atoms with E-state index in [9.17, 15) is 9.18 Å². The van der Waals surface area contributed by atoms with E-state index in [2.05, 4.69) is 5.32 Å². The van der Waals surface area contributed by atoms with Crippen LogP contribution in [0.2, 0.25) is 5.02 Å². The van der Waals surface area contributed by atoms with E-state index in [1.807, 2.05) is 36.4 Å². The van der Waals surface area contributed by atoms with Gasteiger partial charge >= 0.3 is 6.03 Å². The van der Waals surface area contributed by atoms with Crippen molar-refractivity contribution in [2.75, 3.05) is 23.9 Å². The Morgan fingerprint density at radius 3 is 2.45 bits per heavy atom. The molecular formula is C23H20ClFN2O2. The summed E-state index contributed by atoms with van der Waals surface area (Å²) < 4.78 is 18.7. The number of benzene rings is 3. The molecule has 3 aromatic rings. The van der Waals surface area contributed by atoms with Crippen LogP contribution < -0.4 is 15.0 Å². The lowest BCUT2D eigenvalue weighted by Gasteiger charge is -2.22. The summed E-state index contributed by atoms with van der Waals surface area (Å²) >= 11 is 5.89. The number of nitrogens with zero attached hydrogens (tertiary/aromatic N) is 1. The molecule has 148 valence electrons. The number of hydrogen-bond donors (Lipinski definition) is 1. The predicted molar refractivity (Wildman–Crippen MR) is 116 cm³/mol. The van der Waals surface area contributed by atoms with E-state index in [-0.39, 0.29) is 18.4 Å². The normalized spacial score (nSPS) is 10.7.